The molecular weight excluding hydrogens is 266 g/mol. The molecule has 2 N–H and O–H groups in total. The van der Waals surface area contributed by atoms with Gasteiger partial charge in [-0.25, -0.2) is 15.0 Å². The molecule has 6 heteroatoms. The maximum Gasteiger partial charge on any atom is 0.213 e. The van der Waals surface area contributed by atoms with Crippen LogP contribution in [0, 0.1) is 13.8 Å². The van der Waals surface area contributed by atoms with Gasteiger partial charge in [0.25, 0.3) is 0 Å². The van der Waals surface area contributed by atoms with Crippen LogP contribution in [-0.2, 0) is 6.54 Å². The van der Waals surface area contributed by atoms with Crippen molar-refractivity contribution in [3.8, 4) is 0 Å². The fourth-order valence-electron chi connectivity index (χ4n) is 1.87. The number of anilines is 2. The zero-order valence-electron chi connectivity index (χ0n) is 13.3. The molecule has 0 aromatic carbocycles. The summed E-state index contributed by atoms with van der Waals surface area (Å²) < 4.78 is 5.56. The highest BCUT2D eigenvalue weighted by Gasteiger charge is 2.09. The van der Waals surface area contributed by atoms with Crippen molar-refractivity contribution in [2.24, 2.45) is 0 Å². The first-order chi connectivity index (χ1) is 9.99. The average molecular weight is 289 g/mol. The molecule has 0 aliphatic rings. The minimum atomic E-state index is 0.274. The van der Waals surface area contributed by atoms with Gasteiger partial charge in [0, 0.05) is 18.5 Å². The van der Waals surface area contributed by atoms with Gasteiger partial charge in [0.2, 0.25) is 5.89 Å². The lowest BCUT2D eigenvalue weighted by atomic mass is 10.2. The van der Waals surface area contributed by atoms with Gasteiger partial charge < -0.3 is 15.1 Å². The molecule has 2 aromatic rings. The van der Waals surface area contributed by atoms with Crippen molar-refractivity contribution in [3.05, 3.63) is 29.2 Å². The van der Waals surface area contributed by atoms with Gasteiger partial charge in [-0.15, -0.1) is 0 Å². The Morgan fingerprint density at radius 1 is 1.10 bits per heavy atom. The first-order valence-corrected chi connectivity index (χ1v) is 7.29. The maximum absolute atomic E-state index is 5.56. The van der Waals surface area contributed by atoms with Gasteiger partial charge in [-0.05, 0) is 20.8 Å². The maximum atomic E-state index is 5.56. The number of aromatic nitrogens is 3. The number of oxazole rings is 1. The Morgan fingerprint density at radius 3 is 2.29 bits per heavy atom. The Morgan fingerprint density at radius 2 is 1.76 bits per heavy atom. The minimum Gasteiger partial charge on any atom is -0.444 e. The van der Waals surface area contributed by atoms with Gasteiger partial charge in [0.05, 0.1) is 12.2 Å². The van der Waals surface area contributed by atoms with Crippen molar-refractivity contribution in [2.75, 3.05) is 17.2 Å². The highest BCUT2D eigenvalue weighted by atomic mass is 16.4. The number of hydrogen-bond acceptors (Lipinski definition) is 6. The van der Waals surface area contributed by atoms with Gasteiger partial charge in [0.15, 0.2) is 0 Å². The molecule has 0 aliphatic carbocycles. The van der Waals surface area contributed by atoms with E-state index in [0.29, 0.717) is 12.4 Å². The fourth-order valence-corrected chi connectivity index (χ4v) is 1.87. The van der Waals surface area contributed by atoms with Crippen LogP contribution in [0.3, 0.4) is 0 Å². The summed E-state index contributed by atoms with van der Waals surface area (Å²) in [4.78, 5) is 13.4. The van der Waals surface area contributed by atoms with Gasteiger partial charge in [-0.1, -0.05) is 13.8 Å². The van der Waals surface area contributed by atoms with E-state index in [1.54, 1.807) is 0 Å². The van der Waals surface area contributed by atoms with Crippen LogP contribution in [0.4, 0.5) is 11.6 Å². The molecule has 0 saturated carbocycles. The third-order valence-electron chi connectivity index (χ3n) is 3.11. The van der Waals surface area contributed by atoms with Crippen molar-refractivity contribution in [3.63, 3.8) is 0 Å². The Balaban J connectivity index is 2.14. The van der Waals surface area contributed by atoms with Crippen LogP contribution in [0.15, 0.2) is 10.5 Å². The molecule has 0 aliphatic heterocycles. The van der Waals surface area contributed by atoms with E-state index in [0.717, 1.165) is 35.5 Å². The Kier molecular flexibility index (Phi) is 4.77. The normalized spacial score (nSPS) is 11.0. The molecule has 0 fully saturated rings. The van der Waals surface area contributed by atoms with Gasteiger partial charge in [0.1, 0.15) is 23.2 Å². The van der Waals surface area contributed by atoms with Crippen molar-refractivity contribution in [1.29, 1.82) is 0 Å². The number of rotatable bonds is 6. The molecule has 2 heterocycles. The second kappa shape index (κ2) is 6.56. The molecule has 114 valence electrons. The van der Waals surface area contributed by atoms with Crippen LogP contribution in [0.2, 0.25) is 0 Å². The average Bonchev–Trinajstić information content (AvgIpc) is 2.76. The molecule has 0 spiro atoms. The lowest BCUT2D eigenvalue weighted by Gasteiger charge is -2.11. The number of aryl methyl sites for hydroxylation is 2. The highest BCUT2D eigenvalue weighted by molar-refractivity contribution is 5.47. The van der Waals surface area contributed by atoms with E-state index in [4.69, 9.17) is 4.42 Å². The molecule has 2 rings (SSSR count). The number of nitrogens with zero attached hydrogens (tertiary/aromatic N) is 3. The minimum absolute atomic E-state index is 0.274. The Labute approximate surface area is 125 Å². The summed E-state index contributed by atoms with van der Waals surface area (Å²) in [5, 5.41) is 6.47. The van der Waals surface area contributed by atoms with E-state index in [9.17, 15) is 0 Å². The van der Waals surface area contributed by atoms with E-state index in [2.05, 4.69) is 39.4 Å². The molecule has 0 unspecified atom stereocenters. The smallest absolute Gasteiger partial charge is 0.213 e. The van der Waals surface area contributed by atoms with Crippen molar-refractivity contribution in [2.45, 2.75) is 47.1 Å². The van der Waals surface area contributed by atoms with E-state index < -0.39 is 0 Å². The summed E-state index contributed by atoms with van der Waals surface area (Å²) in [7, 11) is 0. The Hall–Kier alpha value is -2.11. The van der Waals surface area contributed by atoms with E-state index in [1.165, 1.54) is 0 Å². The van der Waals surface area contributed by atoms with Crippen LogP contribution in [0.5, 0.6) is 0 Å². The quantitative estimate of drug-likeness (QED) is 0.850. The second-order valence-electron chi connectivity index (χ2n) is 5.28. The van der Waals surface area contributed by atoms with Crippen LogP contribution < -0.4 is 10.6 Å². The number of nitrogens with one attached hydrogen (secondary N) is 2. The topological polar surface area (TPSA) is 75.9 Å². The SMILES string of the molecule is CCNc1cc(NCc2nc(C)c(C)o2)nc(C(C)C)n1. The van der Waals surface area contributed by atoms with Crippen LogP contribution in [-0.4, -0.2) is 21.5 Å². The van der Waals surface area contributed by atoms with E-state index in [-0.39, 0.29) is 5.92 Å². The van der Waals surface area contributed by atoms with E-state index in [1.807, 2.05) is 26.8 Å². The van der Waals surface area contributed by atoms with Gasteiger partial charge >= 0.3 is 0 Å². The first kappa shape index (κ1) is 15.3. The molecule has 6 nitrogen and oxygen atoms in total. The fraction of sp³-hybridized carbons (Fsp3) is 0.533. The molecule has 2 aromatic heterocycles. The predicted octanol–water partition coefficient (Wildman–Crippen LogP) is 3.25. The summed E-state index contributed by atoms with van der Waals surface area (Å²) in [6.07, 6.45) is 0. The van der Waals surface area contributed by atoms with Crippen LogP contribution >= 0.6 is 0 Å². The predicted molar refractivity (Wildman–Crippen MR) is 83.6 cm³/mol. The summed E-state index contributed by atoms with van der Waals surface area (Å²) in [5.41, 5.74) is 0.922. The molecule has 0 bridgehead atoms. The van der Waals surface area contributed by atoms with Gasteiger partial charge in [-0.2, -0.15) is 0 Å². The molecular formula is C15H23N5O. The third-order valence-corrected chi connectivity index (χ3v) is 3.11. The largest absolute Gasteiger partial charge is 0.444 e. The molecule has 21 heavy (non-hydrogen) atoms. The summed E-state index contributed by atoms with van der Waals surface area (Å²) >= 11 is 0. The Bertz CT molecular complexity index is 587. The van der Waals surface area contributed by atoms with Crippen LogP contribution in [0.1, 0.15) is 49.9 Å². The molecule has 0 radical (unpaired) electrons. The van der Waals surface area contributed by atoms with Crippen molar-refractivity contribution in [1.82, 2.24) is 15.0 Å². The summed E-state index contributed by atoms with van der Waals surface area (Å²) in [6, 6.07) is 1.90. The molecule has 0 atom stereocenters. The van der Waals surface area contributed by atoms with Crippen molar-refractivity contribution < 1.29 is 4.42 Å². The second-order valence-corrected chi connectivity index (χ2v) is 5.28. The zero-order chi connectivity index (χ0) is 15.4. The first-order valence-electron chi connectivity index (χ1n) is 7.29. The standard InChI is InChI=1S/C15H23N5O/c1-6-16-12-7-13(20-15(19-12)9(2)3)17-8-14-18-10(4)11(5)21-14/h7,9H,6,8H2,1-5H3,(H2,16,17,19,20). The van der Waals surface area contributed by atoms with Crippen LogP contribution in [0.25, 0.3) is 0 Å². The van der Waals surface area contributed by atoms with E-state index >= 15 is 0 Å². The summed E-state index contributed by atoms with van der Waals surface area (Å²) in [6.45, 7) is 11.4. The highest BCUT2D eigenvalue weighted by Crippen LogP contribution is 2.18. The number of hydrogen-bond donors (Lipinski definition) is 2. The lowest BCUT2D eigenvalue weighted by molar-refractivity contribution is 0.478. The lowest BCUT2D eigenvalue weighted by Crippen LogP contribution is -2.09. The molecule has 0 saturated heterocycles. The summed E-state index contributed by atoms with van der Waals surface area (Å²) in [5.74, 6) is 4.22. The monoisotopic (exact) mass is 289 g/mol. The van der Waals surface area contributed by atoms with Crippen molar-refractivity contribution >= 4 is 11.6 Å². The van der Waals surface area contributed by atoms with Gasteiger partial charge in [-0.3, -0.25) is 0 Å². The zero-order valence-corrected chi connectivity index (χ0v) is 13.3. The molecule has 0 amide bonds. The third kappa shape index (κ3) is 3.93.